The van der Waals surface area contributed by atoms with Crippen LogP contribution in [-0.2, 0) is 20.9 Å². The summed E-state index contributed by atoms with van der Waals surface area (Å²) in [5.41, 5.74) is -0.347. The molecular formula is C16H18Cl2N2O4. The summed E-state index contributed by atoms with van der Waals surface area (Å²) in [6.07, 6.45) is 0.917. The van der Waals surface area contributed by atoms with E-state index in [-0.39, 0.29) is 6.61 Å². The summed E-state index contributed by atoms with van der Waals surface area (Å²) in [6, 6.07) is 4.24. The monoisotopic (exact) mass is 372 g/mol. The number of nitrogens with zero attached hydrogens (tertiary/aromatic N) is 1. The lowest BCUT2D eigenvalue weighted by Gasteiger charge is -2.22. The van der Waals surface area contributed by atoms with Gasteiger partial charge in [0.25, 0.3) is 5.91 Å². The van der Waals surface area contributed by atoms with Gasteiger partial charge in [-0.1, -0.05) is 43.1 Å². The van der Waals surface area contributed by atoms with Crippen molar-refractivity contribution >= 4 is 41.1 Å². The normalized spacial score (nSPS) is 16.2. The maximum atomic E-state index is 12.4. The third-order valence-corrected chi connectivity index (χ3v) is 4.73. The minimum atomic E-state index is -0.934. The number of imide groups is 1. The molecule has 6 nitrogen and oxygen atoms in total. The van der Waals surface area contributed by atoms with E-state index in [2.05, 4.69) is 5.32 Å². The molecule has 0 aromatic heterocycles. The van der Waals surface area contributed by atoms with Gasteiger partial charge in [0.2, 0.25) is 0 Å². The summed E-state index contributed by atoms with van der Waals surface area (Å²) in [6.45, 7) is 3.13. The molecule has 0 bridgehead atoms. The van der Waals surface area contributed by atoms with E-state index in [1.54, 1.807) is 18.2 Å². The van der Waals surface area contributed by atoms with Crippen LogP contribution in [0.1, 0.15) is 32.3 Å². The van der Waals surface area contributed by atoms with Crippen LogP contribution in [0.2, 0.25) is 10.0 Å². The van der Waals surface area contributed by atoms with Gasteiger partial charge in [-0.25, -0.2) is 4.79 Å². The number of benzene rings is 1. The number of esters is 1. The molecular weight excluding hydrogens is 355 g/mol. The average Bonchev–Trinajstić information content (AvgIpc) is 2.78. The molecule has 0 unspecified atom stereocenters. The highest BCUT2D eigenvalue weighted by Gasteiger charge is 2.49. The first-order valence-electron chi connectivity index (χ1n) is 7.56. The SMILES string of the molecule is CCC1(CC)NC(=O)N(CC(=O)OCc2ccc(Cl)cc2Cl)C1=O. The third kappa shape index (κ3) is 3.65. The fourth-order valence-electron chi connectivity index (χ4n) is 2.52. The molecule has 1 aromatic carbocycles. The molecule has 1 fully saturated rings. The third-order valence-electron chi connectivity index (χ3n) is 4.14. The van der Waals surface area contributed by atoms with Gasteiger partial charge in [-0.15, -0.1) is 0 Å². The first-order valence-corrected chi connectivity index (χ1v) is 8.32. The number of rotatable bonds is 6. The fourth-order valence-corrected chi connectivity index (χ4v) is 2.98. The Hall–Kier alpha value is -1.79. The fraction of sp³-hybridized carbons (Fsp3) is 0.438. The number of ether oxygens (including phenoxy) is 1. The molecule has 24 heavy (non-hydrogen) atoms. The Balaban J connectivity index is 1.97. The van der Waals surface area contributed by atoms with Crippen LogP contribution in [0, 0.1) is 0 Å². The van der Waals surface area contributed by atoms with Crippen molar-refractivity contribution in [2.75, 3.05) is 6.54 Å². The highest BCUT2D eigenvalue weighted by Crippen LogP contribution is 2.25. The van der Waals surface area contributed by atoms with E-state index in [4.69, 9.17) is 27.9 Å². The summed E-state index contributed by atoms with van der Waals surface area (Å²) in [5, 5.41) is 3.51. The lowest BCUT2D eigenvalue weighted by atomic mass is 9.93. The van der Waals surface area contributed by atoms with Crippen LogP contribution in [0.15, 0.2) is 18.2 Å². The van der Waals surface area contributed by atoms with Crippen molar-refractivity contribution in [3.63, 3.8) is 0 Å². The van der Waals surface area contributed by atoms with Gasteiger partial charge in [0.15, 0.2) is 0 Å². The second kappa shape index (κ2) is 7.40. The molecule has 1 saturated heterocycles. The zero-order chi connectivity index (χ0) is 17.9. The summed E-state index contributed by atoms with van der Waals surface area (Å²) >= 11 is 11.8. The zero-order valence-electron chi connectivity index (χ0n) is 13.4. The van der Waals surface area contributed by atoms with Gasteiger partial charge >= 0.3 is 12.0 Å². The number of nitrogens with one attached hydrogen (secondary N) is 1. The Bertz CT molecular complexity index is 674. The van der Waals surface area contributed by atoms with Gasteiger partial charge in [0, 0.05) is 15.6 Å². The Labute approximate surface area is 150 Å². The zero-order valence-corrected chi connectivity index (χ0v) is 14.9. The van der Waals surface area contributed by atoms with Crippen LogP contribution in [0.4, 0.5) is 4.79 Å². The highest BCUT2D eigenvalue weighted by atomic mass is 35.5. The minimum absolute atomic E-state index is 0.0643. The molecule has 0 atom stereocenters. The van der Waals surface area contributed by atoms with Crippen molar-refractivity contribution in [2.24, 2.45) is 0 Å². The van der Waals surface area contributed by atoms with E-state index < -0.39 is 30.0 Å². The summed E-state index contributed by atoms with van der Waals surface area (Å²) in [5.74, 6) is -1.09. The van der Waals surface area contributed by atoms with Gasteiger partial charge in [-0.3, -0.25) is 14.5 Å². The number of amides is 3. The van der Waals surface area contributed by atoms with Crippen LogP contribution in [0.25, 0.3) is 0 Å². The van der Waals surface area contributed by atoms with Gasteiger partial charge in [-0.2, -0.15) is 0 Å². The number of urea groups is 1. The molecule has 1 aliphatic rings. The van der Waals surface area contributed by atoms with Crippen molar-refractivity contribution in [1.82, 2.24) is 10.2 Å². The second-order valence-electron chi connectivity index (χ2n) is 5.51. The Kier molecular flexibility index (Phi) is 5.72. The summed E-state index contributed by atoms with van der Waals surface area (Å²) < 4.78 is 5.10. The number of hydrogen-bond acceptors (Lipinski definition) is 4. The molecule has 8 heteroatoms. The van der Waals surface area contributed by atoms with E-state index in [1.165, 1.54) is 0 Å². The summed E-state index contributed by atoms with van der Waals surface area (Å²) in [4.78, 5) is 37.2. The molecule has 1 N–H and O–H groups in total. The van der Waals surface area contributed by atoms with Crippen molar-refractivity contribution in [2.45, 2.75) is 38.8 Å². The number of hydrogen-bond donors (Lipinski definition) is 1. The van der Waals surface area contributed by atoms with E-state index in [0.717, 1.165) is 4.90 Å². The van der Waals surface area contributed by atoms with Gasteiger partial charge in [0.1, 0.15) is 18.7 Å². The Morgan fingerprint density at radius 1 is 1.25 bits per heavy atom. The smallest absolute Gasteiger partial charge is 0.326 e. The Morgan fingerprint density at radius 3 is 2.46 bits per heavy atom. The molecule has 1 aliphatic heterocycles. The van der Waals surface area contributed by atoms with E-state index in [1.807, 2.05) is 13.8 Å². The molecule has 0 spiro atoms. The highest BCUT2D eigenvalue weighted by molar-refractivity contribution is 6.35. The van der Waals surface area contributed by atoms with E-state index in [0.29, 0.717) is 28.5 Å². The predicted octanol–water partition coefficient (Wildman–Crippen LogP) is 3.15. The molecule has 2 rings (SSSR count). The molecule has 0 saturated carbocycles. The quantitative estimate of drug-likeness (QED) is 0.614. The van der Waals surface area contributed by atoms with Crippen molar-refractivity contribution in [3.8, 4) is 0 Å². The first-order chi connectivity index (χ1) is 11.3. The van der Waals surface area contributed by atoms with Crippen LogP contribution < -0.4 is 5.32 Å². The molecule has 0 radical (unpaired) electrons. The number of carbonyl (C=O) groups is 3. The lowest BCUT2D eigenvalue weighted by Crippen LogP contribution is -2.46. The van der Waals surface area contributed by atoms with Gasteiger partial charge < -0.3 is 10.1 Å². The lowest BCUT2D eigenvalue weighted by molar-refractivity contribution is -0.148. The average molecular weight is 373 g/mol. The maximum absolute atomic E-state index is 12.4. The maximum Gasteiger partial charge on any atom is 0.326 e. The van der Waals surface area contributed by atoms with E-state index >= 15 is 0 Å². The number of halogens is 2. The standard InChI is InChI=1S/C16H18Cl2N2O4/c1-3-16(4-2)14(22)20(15(23)19-16)8-13(21)24-9-10-5-6-11(17)7-12(10)18/h5-7H,3-4,8-9H2,1-2H3,(H,19,23). The predicted molar refractivity (Wildman–Crippen MR) is 89.8 cm³/mol. The van der Waals surface area contributed by atoms with Gasteiger partial charge in [-0.05, 0) is 25.0 Å². The van der Waals surface area contributed by atoms with Crippen LogP contribution in [-0.4, -0.2) is 34.9 Å². The van der Waals surface area contributed by atoms with Gasteiger partial charge in [0.05, 0.1) is 0 Å². The first kappa shape index (κ1) is 18.5. The van der Waals surface area contributed by atoms with Crippen molar-refractivity contribution in [3.05, 3.63) is 33.8 Å². The molecule has 3 amide bonds. The molecule has 1 heterocycles. The second-order valence-corrected chi connectivity index (χ2v) is 6.35. The molecule has 1 aromatic rings. The largest absolute Gasteiger partial charge is 0.459 e. The van der Waals surface area contributed by atoms with Crippen molar-refractivity contribution in [1.29, 1.82) is 0 Å². The van der Waals surface area contributed by atoms with Crippen LogP contribution in [0.3, 0.4) is 0 Å². The van der Waals surface area contributed by atoms with Crippen molar-refractivity contribution < 1.29 is 19.1 Å². The Morgan fingerprint density at radius 2 is 1.92 bits per heavy atom. The number of carbonyl (C=O) groups excluding carboxylic acids is 3. The van der Waals surface area contributed by atoms with Crippen LogP contribution >= 0.6 is 23.2 Å². The van der Waals surface area contributed by atoms with Crippen LogP contribution in [0.5, 0.6) is 0 Å². The molecule has 0 aliphatic carbocycles. The molecule has 130 valence electrons. The summed E-state index contributed by atoms with van der Waals surface area (Å²) in [7, 11) is 0. The van der Waals surface area contributed by atoms with E-state index in [9.17, 15) is 14.4 Å². The minimum Gasteiger partial charge on any atom is -0.459 e. The topological polar surface area (TPSA) is 75.7 Å².